The normalized spacial score (nSPS) is 18.5. The lowest BCUT2D eigenvalue weighted by Gasteiger charge is -2.11. The first-order chi connectivity index (χ1) is 6.77. The van der Waals surface area contributed by atoms with E-state index in [2.05, 4.69) is 44.5 Å². The summed E-state index contributed by atoms with van der Waals surface area (Å²) in [5.41, 5.74) is 0. The number of aromatic nitrogens is 3. The van der Waals surface area contributed by atoms with Gasteiger partial charge in [0.15, 0.2) is 0 Å². The molecular weight excluding hydrogens is 242 g/mol. The quantitative estimate of drug-likeness (QED) is 0.777. The SMILES string of the molecule is CCC(C)c1nnc(CBr)n1C1CC1. The zero-order valence-corrected chi connectivity index (χ0v) is 10.3. The third-order valence-corrected chi connectivity index (χ3v) is 3.38. The molecule has 1 fully saturated rings. The molecule has 1 aromatic rings. The van der Waals surface area contributed by atoms with Crippen LogP contribution in [0.4, 0.5) is 0 Å². The van der Waals surface area contributed by atoms with Gasteiger partial charge in [0, 0.05) is 12.0 Å². The van der Waals surface area contributed by atoms with Gasteiger partial charge in [-0.05, 0) is 19.3 Å². The van der Waals surface area contributed by atoms with Gasteiger partial charge in [0.1, 0.15) is 11.6 Å². The molecule has 0 bridgehead atoms. The molecule has 78 valence electrons. The Bertz CT molecular complexity index is 317. The fourth-order valence-electron chi connectivity index (χ4n) is 1.68. The lowest BCUT2D eigenvalue weighted by atomic mass is 10.1. The van der Waals surface area contributed by atoms with E-state index in [1.807, 2.05) is 0 Å². The van der Waals surface area contributed by atoms with Gasteiger partial charge in [0.25, 0.3) is 0 Å². The molecule has 0 saturated heterocycles. The molecule has 4 heteroatoms. The number of alkyl halides is 1. The number of hydrogen-bond donors (Lipinski definition) is 0. The third-order valence-electron chi connectivity index (χ3n) is 2.88. The average Bonchev–Trinajstić information content (AvgIpc) is 2.96. The molecule has 3 nitrogen and oxygen atoms in total. The molecular formula is C10H16BrN3. The summed E-state index contributed by atoms with van der Waals surface area (Å²) in [5.74, 6) is 2.78. The van der Waals surface area contributed by atoms with Crippen molar-refractivity contribution < 1.29 is 0 Å². The standard InChI is InChI=1S/C10H16BrN3/c1-3-7(2)10-13-12-9(6-11)14(10)8-4-5-8/h7-8H,3-6H2,1-2H3. The van der Waals surface area contributed by atoms with Crippen LogP contribution >= 0.6 is 15.9 Å². The maximum absolute atomic E-state index is 4.30. The molecule has 2 rings (SSSR count). The summed E-state index contributed by atoms with van der Waals surface area (Å²) in [6.07, 6.45) is 3.72. The zero-order chi connectivity index (χ0) is 10.1. The highest BCUT2D eigenvalue weighted by atomic mass is 79.9. The van der Waals surface area contributed by atoms with Crippen molar-refractivity contribution in [3.8, 4) is 0 Å². The Morgan fingerprint density at radius 3 is 2.71 bits per heavy atom. The van der Waals surface area contributed by atoms with Gasteiger partial charge < -0.3 is 4.57 Å². The van der Waals surface area contributed by atoms with E-state index in [4.69, 9.17) is 0 Å². The summed E-state index contributed by atoms with van der Waals surface area (Å²) in [4.78, 5) is 0. The predicted molar refractivity (Wildman–Crippen MR) is 59.6 cm³/mol. The van der Waals surface area contributed by atoms with Gasteiger partial charge in [0.05, 0.1) is 5.33 Å². The Hall–Kier alpha value is -0.380. The molecule has 1 aliphatic carbocycles. The van der Waals surface area contributed by atoms with Crippen LogP contribution in [0, 0.1) is 0 Å². The van der Waals surface area contributed by atoms with Crippen LogP contribution < -0.4 is 0 Å². The van der Waals surface area contributed by atoms with Crippen LogP contribution in [0.15, 0.2) is 0 Å². The van der Waals surface area contributed by atoms with Gasteiger partial charge in [-0.1, -0.05) is 29.8 Å². The first-order valence-electron chi connectivity index (χ1n) is 5.27. The van der Waals surface area contributed by atoms with Crippen LogP contribution in [0.3, 0.4) is 0 Å². The predicted octanol–water partition coefficient (Wildman–Crippen LogP) is 3.02. The average molecular weight is 258 g/mol. The van der Waals surface area contributed by atoms with Crippen LogP contribution in [0.25, 0.3) is 0 Å². The smallest absolute Gasteiger partial charge is 0.143 e. The first-order valence-corrected chi connectivity index (χ1v) is 6.39. The molecule has 0 spiro atoms. The van der Waals surface area contributed by atoms with Crippen LogP contribution in [0.1, 0.15) is 56.7 Å². The van der Waals surface area contributed by atoms with Crippen molar-refractivity contribution in [2.45, 2.75) is 50.4 Å². The minimum absolute atomic E-state index is 0.524. The van der Waals surface area contributed by atoms with Crippen LogP contribution in [-0.2, 0) is 5.33 Å². The summed E-state index contributed by atoms with van der Waals surface area (Å²) in [6, 6.07) is 0.682. The van der Waals surface area contributed by atoms with E-state index in [1.165, 1.54) is 18.7 Å². The molecule has 1 saturated carbocycles. The third kappa shape index (κ3) is 1.72. The molecule has 0 aliphatic heterocycles. The summed E-state index contributed by atoms with van der Waals surface area (Å²) < 4.78 is 2.34. The fraction of sp³-hybridized carbons (Fsp3) is 0.800. The van der Waals surface area contributed by atoms with Crippen molar-refractivity contribution in [3.05, 3.63) is 11.6 Å². The van der Waals surface area contributed by atoms with Crippen molar-refractivity contribution in [2.24, 2.45) is 0 Å². The van der Waals surface area contributed by atoms with E-state index in [0.717, 1.165) is 17.6 Å². The highest BCUT2D eigenvalue weighted by Crippen LogP contribution is 2.38. The number of halogens is 1. The van der Waals surface area contributed by atoms with E-state index < -0.39 is 0 Å². The fourth-order valence-corrected chi connectivity index (χ4v) is 2.06. The first kappa shape index (κ1) is 10.1. The van der Waals surface area contributed by atoms with Gasteiger partial charge >= 0.3 is 0 Å². The number of rotatable bonds is 4. The molecule has 0 amide bonds. The molecule has 1 aliphatic rings. The van der Waals surface area contributed by atoms with Crippen LogP contribution in [-0.4, -0.2) is 14.8 Å². The minimum atomic E-state index is 0.524. The molecule has 1 unspecified atom stereocenters. The van der Waals surface area contributed by atoms with Crippen molar-refractivity contribution in [3.63, 3.8) is 0 Å². The Balaban J connectivity index is 2.33. The lowest BCUT2D eigenvalue weighted by molar-refractivity contribution is 0.590. The number of hydrogen-bond acceptors (Lipinski definition) is 2. The molecule has 1 heterocycles. The van der Waals surface area contributed by atoms with Gasteiger partial charge in [0.2, 0.25) is 0 Å². The summed E-state index contributed by atoms with van der Waals surface area (Å²) >= 11 is 3.47. The monoisotopic (exact) mass is 257 g/mol. The van der Waals surface area contributed by atoms with Gasteiger partial charge in [-0.2, -0.15) is 0 Å². The molecule has 14 heavy (non-hydrogen) atoms. The van der Waals surface area contributed by atoms with Gasteiger partial charge in [-0.25, -0.2) is 0 Å². The maximum Gasteiger partial charge on any atom is 0.143 e. The van der Waals surface area contributed by atoms with Crippen LogP contribution in [0.5, 0.6) is 0 Å². The van der Waals surface area contributed by atoms with Crippen molar-refractivity contribution >= 4 is 15.9 Å². The summed E-state index contributed by atoms with van der Waals surface area (Å²) in [7, 11) is 0. The Morgan fingerprint density at radius 2 is 2.21 bits per heavy atom. The second-order valence-corrected chi connectivity index (χ2v) is 4.58. The second kappa shape index (κ2) is 4.01. The number of nitrogens with zero attached hydrogens (tertiary/aromatic N) is 3. The molecule has 1 atom stereocenters. The topological polar surface area (TPSA) is 30.7 Å². The van der Waals surface area contributed by atoms with E-state index in [9.17, 15) is 0 Å². The van der Waals surface area contributed by atoms with Crippen LogP contribution in [0.2, 0.25) is 0 Å². The molecule has 1 aromatic heterocycles. The van der Waals surface area contributed by atoms with Gasteiger partial charge in [-0.3, -0.25) is 0 Å². The highest BCUT2D eigenvalue weighted by Gasteiger charge is 2.30. The lowest BCUT2D eigenvalue weighted by Crippen LogP contribution is -2.07. The highest BCUT2D eigenvalue weighted by molar-refractivity contribution is 9.08. The summed E-state index contributed by atoms with van der Waals surface area (Å²) in [5, 5.41) is 9.35. The second-order valence-electron chi connectivity index (χ2n) is 4.02. The maximum atomic E-state index is 4.30. The van der Waals surface area contributed by atoms with E-state index in [-0.39, 0.29) is 0 Å². The van der Waals surface area contributed by atoms with Crippen molar-refractivity contribution in [1.82, 2.24) is 14.8 Å². The van der Waals surface area contributed by atoms with Gasteiger partial charge in [-0.15, -0.1) is 10.2 Å². The molecule has 0 radical (unpaired) electrons. The van der Waals surface area contributed by atoms with E-state index >= 15 is 0 Å². The Labute approximate surface area is 93.0 Å². The summed E-state index contributed by atoms with van der Waals surface area (Å²) in [6.45, 7) is 4.42. The van der Waals surface area contributed by atoms with E-state index in [1.54, 1.807) is 0 Å². The Morgan fingerprint density at radius 1 is 1.50 bits per heavy atom. The molecule has 0 N–H and O–H groups in total. The zero-order valence-electron chi connectivity index (χ0n) is 8.70. The van der Waals surface area contributed by atoms with Crippen molar-refractivity contribution in [2.75, 3.05) is 0 Å². The van der Waals surface area contributed by atoms with Crippen molar-refractivity contribution in [1.29, 1.82) is 0 Å². The minimum Gasteiger partial charge on any atom is -0.311 e. The molecule has 0 aromatic carbocycles. The largest absolute Gasteiger partial charge is 0.311 e. The van der Waals surface area contributed by atoms with E-state index in [0.29, 0.717) is 12.0 Å². The Kier molecular flexibility index (Phi) is 2.91.